The van der Waals surface area contributed by atoms with E-state index in [0.717, 1.165) is 74.6 Å². The summed E-state index contributed by atoms with van der Waals surface area (Å²) < 4.78 is 0. The van der Waals surface area contributed by atoms with Crippen LogP contribution in [0.2, 0.25) is 10.0 Å². The molecule has 0 aliphatic rings. The fourth-order valence-electron chi connectivity index (χ4n) is 4.27. The maximum absolute atomic E-state index is 6.01. The molecule has 3 N–H and O–H groups in total. The largest absolute Gasteiger partial charge is 0.311 e. The standard InChI is InChI=1S/C32H37Cl2N5/c33-30-12-8-27(9-13-30)21-35-17-19-39(20-18-36-22-28-10-14-31(34)15-11-28)25-29-6-4-26(5-7-29)23-37-24-32-3-1-2-16-38-32/h1-16,35-37H,17-25H2. The van der Waals surface area contributed by atoms with Crippen LogP contribution in [0.4, 0.5) is 0 Å². The summed E-state index contributed by atoms with van der Waals surface area (Å²) in [5.41, 5.74) is 6.12. The average molecular weight is 563 g/mol. The van der Waals surface area contributed by atoms with Crippen LogP contribution in [0.25, 0.3) is 0 Å². The Balaban J connectivity index is 1.24. The summed E-state index contributed by atoms with van der Waals surface area (Å²) in [6.07, 6.45) is 1.83. The number of hydrogen-bond donors (Lipinski definition) is 3. The Labute approximate surface area is 242 Å². The molecule has 0 bridgehead atoms. The van der Waals surface area contributed by atoms with Crippen LogP contribution in [-0.4, -0.2) is 36.1 Å². The van der Waals surface area contributed by atoms with Gasteiger partial charge in [-0.05, 0) is 58.7 Å². The normalized spacial score (nSPS) is 11.3. The minimum atomic E-state index is 0.766. The van der Waals surface area contributed by atoms with E-state index in [-0.39, 0.29) is 0 Å². The van der Waals surface area contributed by atoms with Crippen molar-refractivity contribution < 1.29 is 0 Å². The maximum atomic E-state index is 6.01. The summed E-state index contributed by atoms with van der Waals surface area (Å²) in [5.74, 6) is 0. The summed E-state index contributed by atoms with van der Waals surface area (Å²) in [4.78, 5) is 6.87. The summed E-state index contributed by atoms with van der Waals surface area (Å²) >= 11 is 12.0. The lowest BCUT2D eigenvalue weighted by Gasteiger charge is -2.23. The molecule has 5 nitrogen and oxygen atoms in total. The van der Waals surface area contributed by atoms with Crippen molar-refractivity contribution in [3.63, 3.8) is 0 Å². The molecule has 0 spiro atoms. The molecule has 1 aromatic heterocycles. The van der Waals surface area contributed by atoms with Crippen LogP contribution < -0.4 is 16.0 Å². The van der Waals surface area contributed by atoms with Crippen molar-refractivity contribution in [3.8, 4) is 0 Å². The lowest BCUT2D eigenvalue weighted by Crippen LogP contribution is -2.36. The highest BCUT2D eigenvalue weighted by molar-refractivity contribution is 6.30. The Morgan fingerprint density at radius 2 is 1.03 bits per heavy atom. The maximum Gasteiger partial charge on any atom is 0.0541 e. The molecule has 0 saturated heterocycles. The number of aromatic nitrogens is 1. The fourth-order valence-corrected chi connectivity index (χ4v) is 4.52. The molecule has 0 amide bonds. The van der Waals surface area contributed by atoms with E-state index in [2.05, 4.69) is 74.4 Å². The quantitative estimate of drug-likeness (QED) is 0.145. The molecule has 0 saturated carbocycles. The van der Waals surface area contributed by atoms with Crippen molar-refractivity contribution >= 4 is 23.2 Å². The van der Waals surface area contributed by atoms with E-state index in [9.17, 15) is 0 Å². The van der Waals surface area contributed by atoms with Crippen molar-refractivity contribution in [1.29, 1.82) is 0 Å². The highest BCUT2D eigenvalue weighted by Gasteiger charge is 2.07. The highest BCUT2D eigenvalue weighted by atomic mass is 35.5. The Bertz CT molecular complexity index is 1160. The van der Waals surface area contributed by atoms with Gasteiger partial charge in [-0.3, -0.25) is 9.88 Å². The van der Waals surface area contributed by atoms with E-state index >= 15 is 0 Å². The minimum Gasteiger partial charge on any atom is -0.311 e. The lowest BCUT2D eigenvalue weighted by atomic mass is 10.1. The summed E-state index contributed by atoms with van der Waals surface area (Å²) in [7, 11) is 0. The first-order valence-electron chi connectivity index (χ1n) is 13.5. The first kappa shape index (κ1) is 29.2. The summed E-state index contributed by atoms with van der Waals surface area (Å²) in [5, 5.41) is 12.2. The van der Waals surface area contributed by atoms with Crippen molar-refractivity contribution in [2.45, 2.75) is 32.7 Å². The molecule has 0 aliphatic carbocycles. The zero-order valence-corrected chi connectivity index (χ0v) is 23.8. The molecule has 7 heteroatoms. The third-order valence-corrected chi connectivity index (χ3v) is 6.99. The Morgan fingerprint density at radius 3 is 1.54 bits per heavy atom. The zero-order chi connectivity index (χ0) is 27.1. The molecular formula is C32H37Cl2N5. The van der Waals surface area contributed by atoms with Gasteiger partial charge in [0, 0.05) is 75.1 Å². The van der Waals surface area contributed by atoms with Gasteiger partial charge >= 0.3 is 0 Å². The first-order chi connectivity index (χ1) is 19.1. The van der Waals surface area contributed by atoms with Gasteiger partial charge in [0.25, 0.3) is 0 Å². The van der Waals surface area contributed by atoms with Crippen LogP contribution in [0.1, 0.15) is 27.9 Å². The minimum absolute atomic E-state index is 0.766. The highest BCUT2D eigenvalue weighted by Crippen LogP contribution is 2.11. The van der Waals surface area contributed by atoms with E-state index in [1.807, 2.05) is 48.7 Å². The second-order valence-electron chi connectivity index (χ2n) is 9.62. The number of halogens is 2. The molecule has 204 valence electrons. The SMILES string of the molecule is Clc1ccc(CNCCN(CCNCc2ccc(Cl)cc2)Cc2ccc(CNCc3ccccn3)cc2)cc1. The first-order valence-corrected chi connectivity index (χ1v) is 14.2. The van der Waals surface area contributed by atoms with Crippen LogP contribution in [0.15, 0.2) is 97.2 Å². The fraction of sp³-hybridized carbons (Fsp3) is 0.281. The number of nitrogens with zero attached hydrogens (tertiary/aromatic N) is 2. The van der Waals surface area contributed by atoms with Crippen LogP contribution in [0, 0.1) is 0 Å². The van der Waals surface area contributed by atoms with Crippen LogP contribution in [0.5, 0.6) is 0 Å². The van der Waals surface area contributed by atoms with Gasteiger partial charge in [0.2, 0.25) is 0 Å². The van der Waals surface area contributed by atoms with Gasteiger partial charge in [0.15, 0.2) is 0 Å². The van der Waals surface area contributed by atoms with Gasteiger partial charge in [0.05, 0.1) is 5.69 Å². The smallest absolute Gasteiger partial charge is 0.0541 e. The van der Waals surface area contributed by atoms with Crippen LogP contribution >= 0.6 is 23.2 Å². The predicted molar refractivity (Wildman–Crippen MR) is 163 cm³/mol. The van der Waals surface area contributed by atoms with Gasteiger partial charge < -0.3 is 16.0 Å². The predicted octanol–water partition coefficient (Wildman–Crippen LogP) is 6.06. The number of pyridine rings is 1. The molecule has 39 heavy (non-hydrogen) atoms. The second kappa shape index (κ2) is 16.4. The van der Waals surface area contributed by atoms with Crippen molar-refractivity contribution in [2.75, 3.05) is 26.2 Å². The summed E-state index contributed by atoms with van der Waals surface area (Å²) in [6.45, 7) is 7.91. The van der Waals surface area contributed by atoms with Crippen molar-refractivity contribution in [2.24, 2.45) is 0 Å². The number of nitrogens with one attached hydrogen (secondary N) is 3. The number of rotatable bonds is 16. The second-order valence-corrected chi connectivity index (χ2v) is 10.5. The van der Waals surface area contributed by atoms with Gasteiger partial charge in [-0.2, -0.15) is 0 Å². The van der Waals surface area contributed by atoms with Gasteiger partial charge in [-0.1, -0.05) is 77.8 Å². The van der Waals surface area contributed by atoms with E-state index < -0.39 is 0 Å². The Hall–Kier alpha value is -2.77. The molecule has 0 aliphatic heterocycles. The van der Waals surface area contributed by atoms with Crippen molar-refractivity contribution in [3.05, 3.63) is 135 Å². The Morgan fingerprint density at radius 1 is 0.538 bits per heavy atom. The lowest BCUT2D eigenvalue weighted by molar-refractivity contribution is 0.264. The van der Waals surface area contributed by atoms with E-state index in [4.69, 9.17) is 23.2 Å². The molecule has 1 heterocycles. The van der Waals surface area contributed by atoms with Crippen molar-refractivity contribution in [1.82, 2.24) is 25.8 Å². The van der Waals surface area contributed by atoms with E-state index in [0.29, 0.717) is 0 Å². The molecule has 4 aromatic rings. The van der Waals surface area contributed by atoms with E-state index in [1.165, 1.54) is 22.3 Å². The molecule has 0 radical (unpaired) electrons. The molecule has 4 rings (SSSR count). The monoisotopic (exact) mass is 561 g/mol. The molecule has 0 fully saturated rings. The number of benzene rings is 3. The van der Waals surface area contributed by atoms with E-state index in [1.54, 1.807) is 0 Å². The number of hydrogen-bond acceptors (Lipinski definition) is 5. The summed E-state index contributed by atoms with van der Waals surface area (Å²) in [6, 6.07) is 31.0. The Kier molecular flexibility index (Phi) is 12.3. The molecule has 3 aromatic carbocycles. The average Bonchev–Trinajstić information content (AvgIpc) is 2.96. The molecule has 0 atom stereocenters. The molecule has 0 unspecified atom stereocenters. The zero-order valence-electron chi connectivity index (χ0n) is 22.3. The topological polar surface area (TPSA) is 52.2 Å². The molecular weight excluding hydrogens is 525 g/mol. The van der Waals surface area contributed by atoms with Crippen LogP contribution in [0.3, 0.4) is 0 Å². The third-order valence-electron chi connectivity index (χ3n) is 6.48. The van der Waals surface area contributed by atoms with Crippen LogP contribution in [-0.2, 0) is 32.7 Å². The van der Waals surface area contributed by atoms with Gasteiger partial charge in [-0.25, -0.2) is 0 Å². The third kappa shape index (κ3) is 11.1. The van der Waals surface area contributed by atoms with Gasteiger partial charge in [-0.15, -0.1) is 0 Å². The van der Waals surface area contributed by atoms with Gasteiger partial charge in [0.1, 0.15) is 0 Å².